The summed E-state index contributed by atoms with van der Waals surface area (Å²) in [6, 6.07) is 0. The number of carbonyl (C=O) groups is 1. The summed E-state index contributed by atoms with van der Waals surface area (Å²) in [4.78, 5) is 18.0. The highest BCUT2D eigenvalue weighted by Gasteiger charge is 2.24. The van der Waals surface area contributed by atoms with Gasteiger partial charge in [0.15, 0.2) is 0 Å². The molecule has 1 aliphatic rings. The molecule has 1 aliphatic heterocycles. The average Bonchev–Trinajstić information content (AvgIpc) is 2.81. The van der Waals surface area contributed by atoms with Crippen molar-refractivity contribution in [1.29, 1.82) is 0 Å². The van der Waals surface area contributed by atoms with Gasteiger partial charge in [0, 0.05) is 32.0 Å². The predicted octanol–water partition coefficient (Wildman–Crippen LogP) is -0.0207. The standard InChI is InChI=1S/C13H22N4O3S/c1-11-14-5-7-16(11)9-12-4-3-6-17(10-12)13(18)8-15-21(2,19)20/h5,7,12,15H,3-4,6,8-10H2,1-2H3. The summed E-state index contributed by atoms with van der Waals surface area (Å²) >= 11 is 0. The molecule has 0 spiro atoms. The number of nitrogens with zero attached hydrogens (tertiary/aromatic N) is 3. The summed E-state index contributed by atoms with van der Waals surface area (Å²) in [6.45, 7) is 4.01. The van der Waals surface area contributed by atoms with Crippen LogP contribution in [0.15, 0.2) is 12.4 Å². The van der Waals surface area contributed by atoms with Gasteiger partial charge in [-0.05, 0) is 25.7 Å². The van der Waals surface area contributed by atoms with Gasteiger partial charge in [0.2, 0.25) is 15.9 Å². The Hall–Kier alpha value is -1.41. The predicted molar refractivity (Wildman–Crippen MR) is 79.1 cm³/mol. The maximum Gasteiger partial charge on any atom is 0.237 e. The van der Waals surface area contributed by atoms with E-state index in [2.05, 4.69) is 14.3 Å². The third-order valence-electron chi connectivity index (χ3n) is 3.74. The quantitative estimate of drug-likeness (QED) is 0.828. The fraction of sp³-hybridized carbons (Fsp3) is 0.692. The van der Waals surface area contributed by atoms with Crippen molar-refractivity contribution >= 4 is 15.9 Å². The second-order valence-corrected chi connectivity index (χ2v) is 7.40. The largest absolute Gasteiger partial charge is 0.341 e. The summed E-state index contributed by atoms with van der Waals surface area (Å²) in [6.07, 6.45) is 6.80. The molecule has 7 nitrogen and oxygen atoms in total. The lowest BCUT2D eigenvalue weighted by molar-refractivity contribution is -0.131. The monoisotopic (exact) mass is 314 g/mol. The molecular formula is C13H22N4O3S. The molecule has 1 atom stereocenters. The van der Waals surface area contributed by atoms with Crippen molar-refractivity contribution < 1.29 is 13.2 Å². The highest BCUT2D eigenvalue weighted by atomic mass is 32.2. The molecule has 1 fully saturated rings. The summed E-state index contributed by atoms with van der Waals surface area (Å²) in [5.74, 6) is 1.19. The number of aryl methyl sites for hydroxylation is 1. The normalized spacial score (nSPS) is 19.7. The molecule has 1 saturated heterocycles. The second-order valence-electron chi connectivity index (χ2n) is 5.57. The lowest BCUT2D eigenvalue weighted by Gasteiger charge is -2.33. The molecule has 1 amide bonds. The van der Waals surface area contributed by atoms with E-state index in [1.807, 2.05) is 13.1 Å². The maximum absolute atomic E-state index is 12.0. The van der Waals surface area contributed by atoms with Crippen molar-refractivity contribution in [3.63, 3.8) is 0 Å². The molecule has 21 heavy (non-hydrogen) atoms. The SMILES string of the molecule is Cc1nccn1CC1CCCN(C(=O)CNS(C)(=O)=O)C1. The average molecular weight is 314 g/mol. The molecular weight excluding hydrogens is 292 g/mol. The molecule has 1 unspecified atom stereocenters. The number of sulfonamides is 1. The fourth-order valence-corrected chi connectivity index (χ4v) is 3.01. The van der Waals surface area contributed by atoms with Gasteiger partial charge in [-0.15, -0.1) is 0 Å². The Morgan fingerprint density at radius 2 is 2.29 bits per heavy atom. The van der Waals surface area contributed by atoms with E-state index in [1.54, 1.807) is 11.1 Å². The molecule has 8 heteroatoms. The third kappa shape index (κ3) is 4.82. The van der Waals surface area contributed by atoms with E-state index < -0.39 is 10.0 Å². The second kappa shape index (κ2) is 6.57. The van der Waals surface area contributed by atoms with Crippen LogP contribution in [-0.2, 0) is 21.4 Å². The molecule has 1 N–H and O–H groups in total. The Morgan fingerprint density at radius 1 is 1.52 bits per heavy atom. The first-order valence-corrected chi connectivity index (χ1v) is 8.94. The third-order valence-corrected chi connectivity index (χ3v) is 4.40. The number of rotatable bonds is 5. The van der Waals surface area contributed by atoms with Gasteiger partial charge >= 0.3 is 0 Å². The van der Waals surface area contributed by atoms with Gasteiger partial charge in [-0.3, -0.25) is 4.79 Å². The minimum atomic E-state index is -3.33. The summed E-state index contributed by atoms with van der Waals surface area (Å²) in [5, 5.41) is 0. The zero-order chi connectivity index (χ0) is 15.5. The van der Waals surface area contributed by atoms with E-state index in [4.69, 9.17) is 0 Å². The Labute approximate surface area is 125 Å². The number of hydrogen-bond donors (Lipinski definition) is 1. The number of carbonyl (C=O) groups excluding carboxylic acids is 1. The lowest BCUT2D eigenvalue weighted by Crippen LogP contribution is -2.45. The molecule has 0 saturated carbocycles. The number of amides is 1. The molecule has 118 valence electrons. The van der Waals surface area contributed by atoms with Crippen LogP contribution in [0.1, 0.15) is 18.7 Å². The Balaban J connectivity index is 1.88. The van der Waals surface area contributed by atoms with E-state index in [1.165, 1.54) is 0 Å². The van der Waals surface area contributed by atoms with Crippen molar-refractivity contribution in [2.24, 2.45) is 5.92 Å². The molecule has 2 rings (SSSR count). The van der Waals surface area contributed by atoms with Crippen LogP contribution in [0.3, 0.4) is 0 Å². The first-order chi connectivity index (χ1) is 9.85. The molecule has 1 aromatic rings. The molecule has 0 bridgehead atoms. The van der Waals surface area contributed by atoms with Crippen molar-refractivity contribution in [2.75, 3.05) is 25.9 Å². The summed E-state index contributed by atoms with van der Waals surface area (Å²) in [5.41, 5.74) is 0. The highest BCUT2D eigenvalue weighted by molar-refractivity contribution is 7.88. The molecule has 1 aromatic heterocycles. The molecule has 2 heterocycles. The van der Waals surface area contributed by atoms with Gasteiger partial charge in [-0.25, -0.2) is 18.1 Å². The van der Waals surface area contributed by atoms with E-state index >= 15 is 0 Å². The zero-order valence-corrected chi connectivity index (χ0v) is 13.3. The highest BCUT2D eigenvalue weighted by Crippen LogP contribution is 2.19. The smallest absolute Gasteiger partial charge is 0.237 e. The van der Waals surface area contributed by atoms with Crippen molar-refractivity contribution in [3.05, 3.63) is 18.2 Å². The van der Waals surface area contributed by atoms with Gasteiger partial charge in [0.05, 0.1) is 12.8 Å². The molecule has 0 radical (unpaired) electrons. The van der Waals surface area contributed by atoms with E-state index in [0.717, 1.165) is 31.5 Å². The number of nitrogens with one attached hydrogen (secondary N) is 1. The Bertz CT molecular complexity index is 596. The van der Waals surface area contributed by atoms with Crippen molar-refractivity contribution in [1.82, 2.24) is 19.2 Å². The molecule has 0 aromatic carbocycles. The van der Waals surface area contributed by atoms with Crippen LogP contribution in [0, 0.1) is 12.8 Å². The number of aromatic nitrogens is 2. The van der Waals surface area contributed by atoms with Gasteiger partial charge in [-0.1, -0.05) is 0 Å². The Kier molecular flexibility index (Phi) is 5.00. The first kappa shape index (κ1) is 16.0. The number of likely N-dealkylation sites (tertiary alicyclic amines) is 1. The van der Waals surface area contributed by atoms with Gasteiger partial charge in [-0.2, -0.15) is 0 Å². The minimum Gasteiger partial charge on any atom is -0.341 e. The van der Waals surface area contributed by atoms with Crippen LogP contribution < -0.4 is 4.72 Å². The van der Waals surface area contributed by atoms with Crippen LogP contribution in [0.5, 0.6) is 0 Å². The van der Waals surface area contributed by atoms with Crippen LogP contribution >= 0.6 is 0 Å². The van der Waals surface area contributed by atoms with Crippen molar-refractivity contribution in [2.45, 2.75) is 26.3 Å². The van der Waals surface area contributed by atoms with Gasteiger partial charge in [0.1, 0.15) is 5.82 Å². The van der Waals surface area contributed by atoms with Crippen LogP contribution in [0.25, 0.3) is 0 Å². The van der Waals surface area contributed by atoms with E-state index in [9.17, 15) is 13.2 Å². The van der Waals surface area contributed by atoms with Crippen LogP contribution in [0.4, 0.5) is 0 Å². The maximum atomic E-state index is 12.0. The summed E-state index contributed by atoms with van der Waals surface area (Å²) in [7, 11) is -3.33. The van der Waals surface area contributed by atoms with E-state index in [0.29, 0.717) is 19.0 Å². The van der Waals surface area contributed by atoms with E-state index in [-0.39, 0.29) is 12.5 Å². The fourth-order valence-electron chi connectivity index (χ4n) is 2.62. The van der Waals surface area contributed by atoms with Gasteiger partial charge in [0.25, 0.3) is 0 Å². The van der Waals surface area contributed by atoms with Crippen LogP contribution in [-0.4, -0.2) is 54.7 Å². The number of imidazole rings is 1. The first-order valence-electron chi connectivity index (χ1n) is 7.05. The molecule has 0 aliphatic carbocycles. The van der Waals surface area contributed by atoms with Crippen LogP contribution in [0.2, 0.25) is 0 Å². The summed E-state index contributed by atoms with van der Waals surface area (Å²) < 4.78 is 26.4. The zero-order valence-electron chi connectivity index (χ0n) is 12.4. The lowest BCUT2D eigenvalue weighted by atomic mass is 9.98. The minimum absolute atomic E-state index is 0.157. The topological polar surface area (TPSA) is 84.3 Å². The number of piperidine rings is 1. The number of hydrogen-bond acceptors (Lipinski definition) is 4. The van der Waals surface area contributed by atoms with Gasteiger partial charge < -0.3 is 9.47 Å². The Morgan fingerprint density at radius 3 is 2.90 bits per heavy atom. The van der Waals surface area contributed by atoms with Crippen molar-refractivity contribution in [3.8, 4) is 0 Å².